The normalized spacial score (nSPS) is 16.2. The largest absolute Gasteiger partial charge is 0.461 e. The highest BCUT2D eigenvalue weighted by Crippen LogP contribution is 2.03. The van der Waals surface area contributed by atoms with Gasteiger partial charge in [-0.2, -0.15) is 0 Å². The average Bonchev–Trinajstić information content (AvgIpc) is 1.84. The highest BCUT2D eigenvalue weighted by Gasteiger charge is 2.15. The van der Waals surface area contributed by atoms with Gasteiger partial charge in [-0.15, -0.1) is 0 Å². The van der Waals surface area contributed by atoms with E-state index in [2.05, 4.69) is 0 Å². The predicted molar refractivity (Wildman–Crippen MR) is 44.4 cm³/mol. The van der Waals surface area contributed by atoms with Crippen LogP contribution in [0.3, 0.4) is 0 Å². The van der Waals surface area contributed by atoms with Crippen LogP contribution in [0.15, 0.2) is 0 Å². The third-order valence-electron chi connectivity index (χ3n) is 1.85. The van der Waals surface area contributed by atoms with Crippen molar-refractivity contribution in [3.8, 4) is 0 Å². The molecule has 0 radical (unpaired) electrons. The Morgan fingerprint density at radius 3 is 2.09 bits per heavy atom. The molecule has 0 saturated heterocycles. The summed E-state index contributed by atoms with van der Waals surface area (Å²) in [6.07, 6.45) is -0.0394. The molecule has 0 rings (SSSR count). The molecule has 0 amide bonds. The highest BCUT2D eigenvalue weighted by molar-refractivity contribution is 5.66. The van der Waals surface area contributed by atoms with E-state index in [0.717, 1.165) is 0 Å². The van der Waals surface area contributed by atoms with Crippen molar-refractivity contribution in [2.75, 3.05) is 14.1 Å². The Morgan fingerprint density at radius 2 is 1.82 bits per heavy atom. The van der Waals surface area contributed by atoms with E-state index in [-0.39, 0.29) is 18.1 Å². The van der Waals surface area contributed by atoms with Crippen LogP contribution in [0.25, 0.3) is 0 Å². The number of likely N-dealkylation sites (N-methyl/N-ethyl adjacent to an activating group) is 1. The fourth-order valence-electron chi connectivity index (χ4n) is 0.780. The van der Waals surface area contributed by atoms with Gasteiger partial charge in [-0.3, -0.25) is 4.79 Å². The summed E-state index contributed by atoms with van der Waals surface area (Å²) in [6, 6.07) is 0.263. The van der Waals surface area contributed by atoms with Gasteiger partial charge in [0.2, 0.25) is 0 Å². The molecule has 66 valence electrons. The molecule has 0 fully saturated rings. The van der Waals surface area contributed by atoms with Crippen LogP contribution < -0.4 is 0 Å². The van der Waals surface area contributed by atoms with Crippen LogP contribution in [-0.4, -0.2) is 37.1 Å². The first-order valence-corrected chi connectivity index (χ1v) is 3.78. The van der Waals surface area contributed by atoms with E-state index in [1.807, 2.05) is 32.8 Å². The van der Waals surface area contributed by atoms with Gasteiger partial charge in [-0.05, 0) is 27.9 Å². The SMILES string of the molecule is CC(=O)O[C@H](C)[C@@H](C)N(C)C. The van der Waals surface area contributed by atoms with Crippen molar-refractivity contribution >= 4 is 5.97 Å². The number of hydrogen-bond donors (Lipinski definition) is 0. The van der Waals surface area contributed by atoms with E-state index in [9.17, 15) is 4.79 Å². The monoisotopic (exact) mass is 159 g/mol. The first-order chi connectivity index (χ1) is 4.95. The van der Waals surface area contributed by atoms with Crippen molar-refractivity contribution in [2.24, 2.45) is 0 Å². The lowest BCUT2D eigenvalue weighted by atomic mass is 10.2. The van der Waals surface area contributed by atoms with Crippen molar-refractivity contribution in [3.05, 3.63) is 0 Å². The maximum absolute atomic E-state index is 10.5. The van der Waals surface area contributed by atoms with Gasteiger partial charge in [-0.25, -0.2) is 0 Å². The maximum Gasteiger partial charge on any atom is 0.302 e. The van der Waals surface area contributed by atoms with E-state index in [1.165, 1.54) is 6.92 Å². The fraction of sp³-hybridized carbons (Fsp3) is 0.875. The summed E-state index contributed by atoms with van der Waals surface area (Å²) in [6.45, 7) is 5.35. The fourth-order valence-corrected chi connectivity index (χ4v) is 0.780. The molecule has 0 aliphatic rings. The van der Waals surface area contributed by atoms with Crippen molar-refractivity contribution in [3.63, 3.8) is 0 Å². The standard InChI is InChI=1S/C8H17NO2/c1-6(9(4)5)7(2)11-8(3)10/h6-7H,1-5H3/t6-,7-/m1/s1. The lowest BCUT2D eigenvalue weighted by molar-refractivity contribution is -0.147. The van der Waals surface area contributed by atoms with Crippen LogP contribution in [0.2, 0.25) is 0 Å². The van der Waals surface area contributed by atoms with Crippen molar-refractivity contribution in [2.45, 2.75) is 32.9 Å². The molecule has 3 heteroatoms. The number of carbonyl (C=O) groups excluding carboxylic acids is 1. The quantitative estimate of drug-likeness (QED) is 0.573. The molecule has 0 heterocycles. The number of nitrogens with zero attached hydrogens (tertiary/aromatic N) is 1. The summed E-state index contributed by atoms with van der Waals surface area (Å²) >= 11 is 0. The minimum atomic E-state index is -0.216. The summed E-state index contributed by atoms with van der Waals surface area (Å²) in [5, 5.41) is 0. The first-order valence-electron chi connectivity index (χ1n) is 3.78. The van der Waals surface area contributed by atoms with E-state index in [4.69, 9.17) is 4.74 Å². The zero-order chi connectivity index (χ0) is 9.02. The Bertz CT molecular complexity index is 134. The van der Waals surface area contributed by atoms with Gasteiger partial charge in [0, 0.05) is 13.0 Å². The smallest absolute Gasteiger partial charge is 0.302 e. The number of esters is 1. The second-order valence-electron chi connectivity index (χ2n) is 3.02. The summed E-state index contributed by atoms with van der Waals surface area (Å²) in [7, 11) is 3.93. The van der Waals surface area contributed by atoms with Gasteiger partial charge >= 0.3 is 5.97 Å². The second kappa shape index (κ2) is 4.34. The molecule has 0 aromatic heterocycles. The summed E-state index contributed by atoms with van der Waals surface area (Å²) in [5.41, 5.74) is 0. The molecule has 0 aromatic rings. The molecule has 0 N–H and O–H groups in total. The number of ether oxygens (including phenoxy) is 1. The van der Waals surface area contributed by atoms with Gasteiger partial charge in [0.05, 0.1) is 0 Å². The Labute approximate surface area is 68.3 Å². The van der Waals surface area contributed by atoms with E-state index >= 15 is 0 Å². The number of rotatable bonds is 3. The lowest BCUT2D eigenvalue weighted by Gasteiger charge is -2.25. The van der Waals surface area contributed by atoms with Crippen LogP contribution >= 0.6 is 0 Å². The molecule has 0 aromatic carbocycles. The Morgan fingerprint density at radius 1 is 1.36 bits per heavy atom. The van der Waals surface area contributed by atoms with Gasteiger partial charge in [0.1, 0.15) is 6.10 Å². The molecule has 0 aliphatic carbocycles. The van der Waals surface area contributed by atoms with Crippen LogP contribution in [0.4, 0.5) is 0 Å². The Kier molecular flexibility index (Phi) is 4.11. The van der Waals surface area contributed by atoms with Gasteiger partial charge < -0.3 is 9.64 Å². The van der Waals surface area contributed by atoms with Crippen LogP contribution in [-0.2, 0) is 9.53 Å². The van der Waals surface area contributed by atoms with Crippen LogP contribution in [0.1, 0.15) is 20.8 Å². The summed E-state index contributed by atoms with van der Waals surface area (Å²) in [5.74, 6) is -0.216. The minimum Gasteiger partial charge on any atom is -0.461 e. The van der Waals surface area contributed by atoms with Gasteiger partial charge in [0.25, 0.3) is 0 Å². The van der Waals surface area contributed by atoms with Crippen LogP contribution in [0.5, 0.6) is 0 Å². The van der Waals surface area contributed by atoms with E-state index in [1.54, 1.807) is 0 Å². The zero-order valence-electron chi connectivity index (χ0n) is 7.92. The topological polar surface area (TPSA) is 29.5 Å². The molecule has 0 saturated carbocycles. The molecule has 2 atom stereocenters. The predicted octanol–water partition coefficient (Wildman–Crippen LogP) is 0.888. The lowest BCUT2D eigenvalue weighted by Crippen LogP contribution is -2.37. The molecule has 0 unspecified atom stereocenters. The second-order valence-corrected chi connectivity index (χ2v) is 3.02. The van der Waals surface area contributed by atoms with E-state index < -0.39 is 0 Å². The average molecular weight is 159 g/mol. The molecular weight excluding hydrogens is 142 g/mol. The zero-order valence-corrected chi connectivity index (χ0v) is 7.92. The third kappa shape index (κ3) is 3.98. The molecule has 11 heavy (non-hydrogen) atoms. The summed E-state index contributed by atoms with van der Waals surface area (Å²) in [4.78, 5) is 12.6. The molecule has 0 spiro atoms. The summed E-state index contributed by atoms with van der Waals surface area (Å²) < 4.78 is 4.99. The molecular formula is C8H17NO2. The number of hydrogen-bond acceptors (Lipinski definition) is 3. The number of carbonyl (C=O) groups is 1. The van der Waals surface area contributed by atoms with Crippen LogP contribution in [0, 0.1) is 0 Å². The van der Waals surface area contributed by atoms with Crippen molar-refractivity contribution in [1.29, 1.82) is 0 Å². The molecule has 0 bridgehead atoms. The third-order valence-corrected chi connectivity index (χ3v) is 1.85. The Balaban J connectivity index is 3.82. The molecule has 0 aliphatic heterocycles. The van der Waals surface area contributed by atoms with Crippen molar-refractivity contribution < 1.29 is 9.53 Å². The minimum absolute atomic E-state index is 0.0394. The van der Waals surface area contributed by atoms with Gasteiger partial charge in [-0.1, -0.05) is 0 Å². The Hall–Kier alpha value is -0.570. The van der Waals surface area contributed by atoms with Gasteiger partial charge in [0.15, 0.2) is 0 Å². The van der Waals surface area contributed by atoms with Crippen molar-refractivity contribution in [1.82, 2.24) is 4.90 Å². The molecule has 3 nitrogen and oxygen atoms in total. The first kappa shape index (κ1) is 10.4. The maximum atomic E-state index is 10.5. The highest BCUT2D eigenvalue weighted by atomic mass is 16.5. The van der Waals surface area contributed by atoms with E-state index in [0.29, 0.717) is 0 Å².